The van der Waals surface area contributed by atoms with E-state index in [4.69, 9.17) is 14.6 Å². The minimum absolute atomic E-state index is 0.0767. The molecule has 28 heavy (non-hydrogen) atoms. The Balaban J connectivity index is 1.75. The molecular formula is C22H20FNO4. The molecule has 0 spiro atoms. The molecule has 2 N–H and O–H groups in total. The fraction of sp³-hybridized carbons (Fsp3) is 0.136. The maximum absolute atomic E-state index is 13.9. The van der Waals surface area contributed by atoms with Crippen LogP contribution in [0.4, 0.5) is 10.1 Å². The first-order valence-corrected chi connectivity index (χ1v) is 8.68. The highest BCUT2D eigenvalue weighted by Crippen LogP contribution is 2.32. The van der Waals surface area contributed by atoms with Gasteiger partial charge in [-0.15, -0.1) is 0 Å². The molecule has 0 radical (unpaired) electrons. The molecule has 0 atom stereocenters. The van der Waals surface area contributed by atoms with Gasteiger partial charge < -0.3 is 19.9 Å². The van der Waals surface area contributed by atoms with Crippen molar-refractivity contribution in [2.24, 2.45) is 0 Å². The summed E-state index contributed by atoms with van der Waals surface area (Å²) in [5.74, 6) is -0.210. The molecule has 0 bridgehead atoms. The molecule has 3 aromatic carbocycles. The number of para-hydroxylation sites is 1. The predicted octanol–water partition coefficient (Wildman–Crippen LogP) is 4.72. The van der Waals surface area contributed by atoms with Crippen molar-refractivity contribution in [2.45, 2.75) is 13.2 Å². The van der Waals surface area contributed by atoms with E-state index in [0.717, 1.165) is 11.3 Å². The summed E-state index contributed by atoms with van der Waals surface area (Å²) in [4.78, 5) is 10.9. The summed E-state index contributed by atoms with van der Waals surface area (Å²) in [5, 5.41) is 12.2. The fourth-order valence-corrected chi connectivity index (χ4v) is 2.72. The third kappa shape index (κ3) is 4.59. The first kappa shape index (κ1) is 19.2. The highest BCUT2D eigenvalue weighted by molar-refractivity contribution is 5.88. The summed E-state index contributed by atoms with van der Waals surface area (Å²) in [6.07, 6.45) is 0. The van der Waals surface area contributed by atoms with Gasteiger partial charge in [-0.3, -0.25) is 0 Å². The second-order valence-corrected chi connectivity index (χ2v) is 6.06. The summed E-state index contributed by atoms with van der Waals surface area (Å²) in [6, 6.07) is 18.4. The number of anilines is 1. The molecule has 0 aliphatic rings. The smallest absolute Gasteiger partial charge is 0.335 e. The van der Waals surface area contributed by atoms with Crippen LogP contribution in [0.15, 0.2) is 66.7 Å². The van der Waals surface area contributed by atoms with E-state index >= 15 is 0 Å². The Morgan fingerprint density at radius 1 is 1.00 bits per heavy atom. The summed E-state index contributed by atoms with van der Waals surface area (Å²) < 4.78 is 25.1. The van der Waals surface area contributed by atoms with Gasteiger partial charge >= 0.3 is 5.97 Å². The lowest BCUT2D eigenvalue weighted by molar-refractivity contribution is 0.0697. The lowest BCUT2D eigenvalue weighted by atomic mass is 10.1. The quantitative estimate of drug-likeness (QED) is 0.591. The molecule has 0 fully saturated rings. The van der Waals surface area contributed by atoms with Gasteiger partial charge in [0.25, 0.3) is 0 Å². The van der Waals surface area contributed by atoms with Gasteiger partial charge in [-0.25, -0.2) is 9.18 Å². The topological polar surface area (TPSA) is 67.8 Å². The SMILES string of the molecule is COc1cccc(CNc2ccc(C(=O)O)cc2)c1OCc1ccccc1F. The van der Waals surface area contributed by atoms with E-state index < -0.39 is 5.97 Å². The maximum atomic E-state index is 13.9. The summed E-state index contributed by atoms with van der Waals surface area (Å²) >= 11 is 0. The highest BCUT2D eigenvalue weighted by atomic mass is 19.1. The minimum Gasteiger partial charge on any atom is -0.493 e. The first-order chi connectivity index (χ1) is 13.6. The molecule has 0 heterocycles. The Bertz CT molecular complexity index is 957. The standard InChI is InChI=1S/C22H20FNO4/c1-27-20-8-4-6-16(13-24-18-11-9-15(10-12-18)22(25)26)21(20)28-14-17-5-2-3-7-19(17)23/h2-12,24H,13-14H2,1H3,(H,25,26). The Morgan fingerprint density at radius 2 is 1.71 bits per heavy atom. The monoisotopic (exact) mass is 381 g/mol. The molecule has 144 valence electrons. The number of nitrogens with one attached hydrogen (secondary N) is 1. The van der Waals surface area contributed by atoms with Crippen molar-refractivity contribution in [3.63, 3.8) is 0 Å². The van der Waals surface area contributed by atoms with Crippen LogP contribution in [0.1, 0.15) is 21.5 Å². The van der Waals surface area contributed by atoms with E-state index in [2.05, 4.69) is 5.32 Å². The third-order valence-corrected chi connectivity index (χ3v) is 4.23. The molecular weight excluding hydrogens is 361 g/mol. The van der Waals surface area contributed by atoms with Gasteiger partial charge in [-0.1, -0.05) is 30.3 Å². The van der Waals surface area contributed by atoms with E-state index in [1.54, 1.807) is 43.5 Å². The van der Waals surface area contributed by atoms with Crippen molar-refractivity contribution >= 4 is 11.7 Å². The number of ether oxygens (including phenoxy) is 2. The molecule has 0 aromatic heterocycles. The van der Waals surface area contributed by atoms with Gasteiger partial charge in [0.2, 0.25) is 0 Å². The average Bonchev–Trinajstić information content (AvgIpc) is 2.72. The highest BCUT2D eigenvalue weighted by Gasteiger charge is 2.12. The van der Waals surface area contributed by atoms with Crippen molar-refractivity contribution < 1.29 is 23.8 Å². The molecule has 0 saturated carbocycles. The van der Waals surface area contributed by atoms with E-state index in [0.29, 0.717) is 23.6 Å². The second-order valence-electron chi connectivity index (χ2n) is 6.06. The molecule has 0 saturated heterocycles. The second kappa shape index (κ2) is 8.90. The Labute approximate surface area is 162 Å². The van der Waals surface area contributed by atoms with Crippen molar-refractivity contribution in [1.82, 2.24) is 0 Å². The molecule has 0 aliphatic heterocycles. The number of hydrogen-bond acceptors (Lipinski definition) is 4. The van der Waals surface area contributed by atoms with Gasteiger partial charge in [-0.05, 0) is 36.4 Å². The van der Waals surface area contributed by atoms with Crippen LogP contribution < -0.4 is 14.8 Å². The zero-order valence-corrected chi connectivity index (χ0v) is 15.3. The number of benzene rings is 3. The van der Waals surface area contributed by atoms with Gasteiger partial charge in [0, 0.05) is 23.4 Å². The number of rotatable bonds is 8. The Kier molecular flexibility index (Phi) is 6.11. The van der Waals surface area contributed by atoms with Crippen LogP contribution in [0.5, 0.6) is 11.5 Å². The summed E-state index contributed by atoms with van der Waals surface area (Å²) in [6.45, 7) is 0.504. The average molecular weight is 381 g/mol. The van der Waals surface area contributed by atoms with E-state index in [1.165, 1.54) is 18.2 Å². The number of methoxy groups -OCH3 is 1. The van der Waals surface area contributed by atoms with Crippen LogP contribution in [0, 0.1) is 5.82 Å². The number of hydrogen-bond donors (Lipinski definition) is 2. The molecule has 3 rings (SSSR count). The van der Waals surface area contributed by atoms with Crippen LogP contribution >= 0.6 is 0 Å². The Hall–Kier alpha value is -3.54. The maximum Gasteiger partial charge on any atom is 0.335 e. The van der Waals surface area contributed by atoms with Crippen LogP contribution in [0.3, 0.4) is 0 Å². The molecule has 0 amide bonds. The number of carboxylic acids is 1. The summed E-state index contributed by atoms with van der Waals surface area (Å²) in [7, 11) is 1.55. The van der Waals surface area contributed by atoms with Crippen LogP contribution in [-0.2, 0) is 13.2 Å². The van der Waals surface area contributed by atoms with E-state index in [-0.39, 0.29) is 18.0 Å². The van der Waals surface area contributed by atoms with Gasteiger partial charge in [0.05, 0.1) is 12.7 Å². The van der Waals surface area contributed by atoms with Crippen molar-refractivity contribution in [3.05, 3.63) is 89.2 Å². The van der Waals surface area contributed by atoms with E-state index in [9.17, 15) is 9.18 Å². The minimum atomic E-state index is -0.969. The van der Waals surface area contributed by atoms with Gasteiger partial charge in [-0.2, -0.15) is 0 Å². The van der Waals surface area contributed by atoms with Crippen LogP contribution in [-0.4, -0.2) is 18.2 Å². The molecule has 5 nitrogen and oxygen atoms in total. The predicted molar refractivity (Wildman–Crippen MR) is 104 cm³/mol. The zero-order chi connectivity index (χ0) is 19.9. The van der Waals surface area contributed by atoms with Gasteiger partial charge in [0.1, 0.15) is 12.4 Å². The molecule has 0 aliphatic carbocycles. The largest absolute Gasteiger partial charge is 0.493 e. The lowest BCUT2D eigenvalue weighted by Gasteiger charge is -2.16. The summed E-state index contributed by atoms with van der Waals surface area (Å²) in [5.41, 5.74) is 2.28. The lowest BCUT2D eigenvalue weighted by Crippen LogP contribution is -2.06. The number of halogens is 1. The van der Waals surface area contributed by atoms with Crippen molar-refractivity contribution in [3.8, 4) is 11.5 Å². The first-order valence-electron chi connectivity index (χ1n) is 8.68. The van der Waals surface area contributed by atoms with E-state index in [1.807, 2.05) is 12.1 Å². The van der Waals surface area contributed by atoms with Crippen LogP contribution in [0.25, 0.3) is 0 Å². The fourth-order valence-electron chi connectivity index (χ4n) is 2.72. The molecule has 6 heteroatoms. The number of carboxylic acid groups (broad SMARTS) is 1. The molecule has 0 unspecified atom stereocenters. The number of aromatic carboxylic acids is 1. The third-order valence-electron chi connectivity index (χ3n) is 4.23. The van der Waals surface area contributed by atoms with Gasteiger partial charge in [0.15, 0.2) is 11.5 Å². The zero-order valence-electron chi connectivity index (χ0n) is 15.3. The van der Waals surface area contributed by atoms with Crippen molar-refractivity contribution in [2.75, 3.05) is 12.4 Å². The molecule has 3 aromatic rings. The van der Waals surface area contributed by atoms with Crippen LogP contribution in [0.2, 0.25) is 0 Å². The Morgan fingerprint density at radius 3 is 2.39 bits per heavy atom. The normalized spacial score (nSPS) is 10.4. The van der Waals surface area contributed by atoms with Crippen molar-refractivity contribution in [1.29, 1.82) is 0 Å². The number of carbonyl (C=O) groups is 1.